The first-order valence-corrected chi connectivity index (χ1v) is 8.51. The molecule has 0 unspecified atom stereocenters. The molecule has 0 bridgehead atoms. The lowest BCUT2D eigenvalue weighted by Gasteiger charge is -2.16. The molecule has 0 fully saturated rings. The molecule has 1 aromatic heterocycles. The van der Waals surface area contributed by atoms with Gasteiger partial charge in [-0.1, -0.05) is 18.2 Å². The lowest BCUT2D eigenvalue weighted by atomic mass is 10.0. The van der Waals surface area contributed by atoms with Gasteiger partial charge in [0.05, 0.1) is 14.2 Å². The minimum absolute atomic E-state index is 0.228. The summed E-state index contributed by atoms with van der Waals surface area (Å²) in [6, 6.07) is 14.5. The number of nitrogens with zero attached hydrogens (tertiary/aromatic N) is 2. The van der Waals surface area contributed by atoms with Crippen LogP contribution in [0.3, 0.4) is 0 Å². The van der Waals surface area contributed by atoms with Gasteiger partial charge in [-0.05, 0) is 42.3 Å². The lowest BCUT2D eigenvalue weighted by Crippen LogP contribution is -2.18. The number of benzene rings is 2. The minimum atomic E-state index is 0.228. The fraction of sp³-hybridized carbons (Fsp3) is 0.238. The molecule has 1 heterocycles. The zero-order chi connectivity index (χ0) is 18.4. The summed E-state index contributed by atoms with van der Waals surface area (Å²) >= 11 is 0. The number of methoxy groups -OCH3 is 2. The van der Waals surface area contributed by atoms with Crippen molar-refractivity contribution in [1.29, 1.82) is 0 Å². The highest BCUT2D eigenvalue weighted by atomic mass is 16.5. The third-order valence-electron chi connectivity index (χ3n) is 4.36. The number of rotatable bonds is 7. The monoisotopic (exact) mass is 349 g/mol. The normalized spacial score (nSPS) is 11.8. The molecule has 0 spiro atoms. The highest BCUT2D eigenvalue weighted by molar-refractivity contribution is 5.69. The summed E-state index contributed by atoms with van der Waals surface area (Å²) in [6.07, 6.45) is 5.11. The van der Waals surface area contributed by atoms with Crippen LogP contribution in [0.4, 0.5) is 0 Å². The van der Waals surface area contributed by atoms with Crippen molar-refractivity contribution in [1.82, 2.24) is 15.3 Å². The molecule has 0 saturated heterocycles. The number of nitrogens with one attached hydrogen (secondary N) is 1. The van der Waals surface area contributed by atoms with Crippen molar-refractivity contribution in [3.05, 3.63) is 72.3 Å². The van der Waals surface area contributed by atoms with E-state index in [-0.39, 0.29) is 6.04 Å². The summed E-state index contributed by atoms with van der Waals surface area (Å²) < 4.78 is 10.7. The molecule has 3 rings (SSSR count). The van der Waals surface area contributed by atoms with Gasteiger partial charge >= 0.3 is 0 Å². The standard InChI is InChI=1S/C21H23N3O2/c1-15(17-5-7-19(25-2)8-6-17)24-11-16-4-9-21(26-3)20(10-16)18-12-22-14-23-13-18/h4-10,12-15,24H,11H2,1-3H3/t15-/m1/s1. The fourth-order valence-corrected chi connectivity index (χ4v) is 2.81. The maximum absolute atomic E-state index is 5.48. The van der Waals surface area contributed by atoms with Crippen LogP contribution < -0.4 is 14.8 Å². The van der Waals surface area contributed by atoms with Gasteiger partial charge in [-0.2, -0.15) is 0 Å². The lowest BCUT2D eigenvalue weighted by molar-refractivity contribution is 0.414. The van der Waals surface area contributed by atoms with E-state index >= 15 is 0 Å². The first-order chi connectivity index (χ1) is 12.7. The smallest absolute Gasteiger partial charge is 0.126 e. The van der Waals surface area contributed by atoms with E-state index in [1.165, 1.54) is 17.5 Å². The van der Waals surface area contributed by atoms with Crippen LogP contribution in [-0.4, -0.2) is 24.2 Å². The van der Waals surface area contributed by atoms with E-state index in [9.17, 15) is 0 Å². The topological polar surface area (TPSA) is 56.3 Å². The Morgan fingerprint density at radius 3 is 2.35 bits per heavy atom. The van der Waals surface area contributed by atoms with Crippen molar-refractivity contribution in [2.24, 2.45) is 0 Å². The Bertz CT molecular complexity index is 836. The average Bonchev–Trinajstić information content (AvgIpc) is 2.72. The van der Waals surface area contributed by atoms with E-state index in [0.29, 0.717) is 0 Å². The van der Waals surface area contributed by atoms with Crippen molar-refractivity contribution in [2.75, 3.05) is 14.2 Å². The highest BCUT2D eigenvalue weighted by Gasteiger charge is 2.09. The van der Waals surface area contributed by atoms with Gasteiger partial charge in [0.15, 0.2) is 0 Å². The molecule has 1 N–H and O–H groups in total. The summed E-state index contributed by atoms with van der Waals surface area (Å²) in [5.74, 6) is 1.68. The third-order valence-corrected chi connectivity index (χ3v) is 4.36. The summed E-state index contributed by atoms with van der Waals surface area (Å²) in [7, 11) is 3.35. The van der Waals surface area contributed by atoms with Crippen LogP contribution in [0.5, 0.6) is 11.5 Å². The van der Waals surface area contributed by atoms with E-state index in [1.807, 2.05) is 18.2 Å². The molecule has 5 heteroatoms. The second kappa shape index (κ2) is 8.45. The molecule has 0 radical (unpaired) electrons. The number of aromatic nitrogens is 2. The zero-order valence-corrected chi connectivity index (χ0v) is 15.3. The van der Waals surface area contributed by atoms with Gasteiger partial charge in [0.2, 0.25) is 0 Å². The Labute approximate surface area is 154 Å². The van der Waals surface area contributed by atoms with Gasteiger partial charge in [-0.25, -0.2) is 9.97 Å². The van der Waals surface area contributed by atoms with E-state index in [4.69, 9.17) is 9.47 Å². The molecule has 134 valence electrons. The minimum Gasteiger partial charge on any atom is -0.497 e. The molecule has 3 aromatic rings. The zero-order valence-electron chi connectivity index (χ0n) is 15.3. The molecule has 1 atom stereocenters. The molecular formula is C21H23N3O2. The molecule has 0 saturated carbocycles. The van der Waals surface area contributed by atoms with Crippen LogP contribution in [0, 0.1) is 0 Å². The van der Waals surface area contributed by atoms with Crippen LogP contribution in [0.2, 0.25) is 0 Å². The van der Waals surface area contributed by atoms with E-state index < -0.39 is 0 Å². The van der Waals surface area contributed by atoms with E-state index in [2.05, 4.69) is 46.5 Å². The SMILES string of the molecule is COc1ccc([C@@H](C)NCc2ccc(OC)c(-c3cncnc3)c2)cc1. The molecule has 0 aliphatic carbocycles. The quantitative estimate of drug-likeness (QED) is 0.698. The van der Waals surface area contributed by atoms with Crippen LogP contribution in [0.25, 0.3) is 11.1 Å². The van der Waals surface area contributed by atoms with Crippen molar-refractivity contribution in [3.8, 4) is 22.6 Å². The van der Waals surface area contributed by atoms with Crippen molar-refractivity contribution >= 4 is 0 Å². The van der Waals surface area contributed by atoms with Crippen molar-refractivity contribution in [3.63, 3.8) is 0 Å². The molecule has 2 aromatic carbocycles. The maximum Gasteiger partial charge on any atom is 0.126 e. The second-order valence-electron chi connectivity index (χ2n) is 6.04. The average molecular weight is 349 g/mol. The first-order valence-electron chi connectivity index (χ1n) is 8.51. The summed E-state index contributed by atoms with van der Waals surface area (Å²) in [6.45, 7) is 2.90. The predicted molar refractivity (Wildman–Crippen MR) is 102 cm³/mol. The highest BCUT2D eigenvalue weighted by Crippen LogP contribution is 2.30. The van der Waals surface area contributed by atoms with Gasteiger partial charge < -0.3 is 14.8 Å². The number of ether oxygens (including phenoxy) is 2. The Hall–Kier alpha value is -2.92. The van der Waals surface area contributed by atoms with Crippen LogP contribution in [-0.2, 0) is 6.54 Å². The van der Waals surface area contributed by atoms with Gasteiger partial charge in [0, 0.05) is 36.1 Å². The Morgan fingerprint density at radius 2 is 1.69 bits per heavy atom. The first kappa shape index (κ1) is 17.9. The Morgan fingerprint density at radius 1 is 0.962 bits per heavy atom. The predicted octanol–water partition coefficient (Wildman–Crippen LogP) is 4.01. The van der Waals surface area contributed by atoms with Gasteiger partial charge in [-0.3, -0.25) is 0 Å². The number of hydrogen-bond donors (Lipinski definition) is 1. The van der Waals surface area contributed by atoms with Crippen LogP contribution in [0.1, 0.15) is 24.1 Å². The van der Waals surface area contributed by atoms with Crippen molar-refractivity contribution < 1.29 is 9.47 Å². The molecule has 0 aliphatic rings. The van der Waals surface area contributed by atoms with Crippen LogP contribution in [0.15, 0.2) is 61.2 Å². The van der Waals surface area contributed by atoms with Crippen LogP contribution >= 0.6 is 0 Å². The van der Waals surface area contributed by atoms with Crippen molar-refractivity contribution in [2.45, 2.75) is 19.5 Å². The second-order valence-corrected chi connectivity index (χ2v) is 6.04. The Balaban J connectivity index is 1.73. The molecule has 5 nitrogen and oxygen atoms in total. The largest absolute Gasteiger partial charge is 0.497 e. The maximum atomic E-state index is 5.48. The molecule has 0 aliphatic heterocycles. The summed E-state index contributed by atoms with van der Waals surface area (Å²) in [4.78, 5) is 8.20. The number of hydrogen-bond acceptors (Lipinski definition) is 5. The van der Waals surface area contributed by atoms with E-state index in [0.717, 1.165) is 29.2 Å². The Kier molecular flexibility index (Phi) is 5.81. The van der Waals surface area contributed by atoms with Gasteiger partial charge in [0.25, 0.3) is 0 Å². The van der Waals surface area contributed by atoms with E-state index in [1.54, 1.807) is 26.6 Å². The molecular weight excluding hydrogens is 326 g/mol. The van der Waals surface area contributed by atoms with Gasteiger partial charge in [0.1, 0.15) is 17.8 Å². The third kappa shape index (κ3) is 4.18. The fourth-order valence-electron chi connectivity index (χ4n) is 2.81. The molecule has 0 amide bonds. The summed E-state index contributed by atoms with van der Waals surface area (Å²) in [5.41, 5.74) is 4.32. The molecule has 26 heavy (non-hydrogen) atoms. The van der Waals surface area contributed by atoms with Gasteiger partial charge in [-0.15, -0.1) is 0 Å². The summed E-state index contributed by atoms with van der Waals surface area (Å²) in [5, 5.41) is 3.56.